The van der Waals surface area contributed by atoms with Crippen molar-refractivity contribution >= 4 is 0 Å². The van der Waals surface area contributed by atoms with Gasteiger partial charge in [-0.3, -0.25) is 4.90 Å². The van der Waals surface area contributed by atoms with Crippen LogP contribution in [0.3, 0.4) is 0 Å². The fraction of sp³-hybridized carbons (Fsp3) is 0.667. The molecular weight excluding hydrogens is 263 g/mol. The minimum atomic E-state index is -0.151. The lowest BCUT2D eigenvalue weighted by Gasteiger charge is -2.41. The van der Waals surface area contributed by atoms with E-state index in [9.17, 15) is 4.39 Å². The van der Waals surface area contributed by atoms with E-state index in [4.69, 9.17) is 0 Å². The second-order valence-electron chi connectivity index (χ2n) is 6.73. The summed E-state index contributed by atoms with van der Waals surface area (Å²) in [6.45, 7) is 9.92. The summed E-state index contributed by atoms with van der Waals surface area (Å²) in [5, 5.41) is 3.71. The van der Waals surface area contributed by atoms with Crippen LogP contribution >= 0.6 is 0 Å². The van der Waals surface area contributed by atoms with Gasteiger partial charge in [0.05, 0.1) is 0 Å². The third-order valence-electron chi connectivity index (χ3n) is 4.29. The third kappa shape index (κ3) is 5.08. The fourth-order valence-corrected chi connectivity index (χ4v) is 3.29. The van der Waals surface area contributed by atoms with E-state index < -0.39 is 0 Å². The number of halogens is 1. The van der Waals surface area contributed by atoms with Gasteiger partial charge in [0.15, 0.2) is 0 Å². The van der Waals surface area contributed by atoms with Crippen LogP contribution in [0.5, 0.6) is 0 Å². The number of rotatable bonds is 6. The average molecular weight is 292 g/mol. The van der Waals surface area contributed by atoms with Gasteiger partial charge in [-0.05, 0) is 36.5 Å². The molecular formula is C18H29FN2. The minimum Gasteiger partial charge on any atom is -0.311 e. The average Bonchev–Trinajstić information content (AvgIpc) is 2.44. The van der Waals surface area contributed by atoms with Crippen LogP contribution in [0.2, 0.25) is 0 Å². The number of nitrogens with zero attached hydrogens (tertiary/aromatic N) is 1. The molecule has 0 aromatic heterocycles. The maximum absolute atomic E-state index is 13.0. The molecule has 1 fully saturated rings. The molecule has 2 rings (SSSR count). The Hall–Kier alpha value is -0.930. The predicted molar refractivity (Wildman–Crippen MR) is 86.8 cm³/mol. The van der Waals surface area contributed by atoms with Crippen molar-refractivity contribution in [2.24, 2.45) is 5.92 Å². The number of hydrogen-bond acceptors (Lipinski definition) is 2. The Kier molecular flexibility index (Phi) is 6.19. The molecule has 2 nitrogen and oxygen atoms in total. The first-order valence-corrected chi connectivity index (χ1v) is 8.30. The van der Waals surface area contributed by atoms with Gasteiger partial charge in [0.2, 0.25) is 0 Å². The van der Waals surface area contributed by atoms with E-state index in [1.165, 1.54) is 24.8 Å². The molecule has 0 saturated carbocycles. The molecule has 2 atom stereocenters. The van der Waals surface area contributed by atoms with E-state index in [1.54, 1.807) is 12.1 Å². The van der Waals surface area contributed by atoms with Crippen molar-refractivity contribution < 1.29 is 4.39 Å². The van der Waals surface area contributed by atoms with Crippen LogP contribution in [0.1, 0.15) is 45.6 Å². The second kappa shape index (κ2) is 7.90. The Morgan fingerprint density at radius 1 is 1.29 bits per heavy atom. The van der Waals surface area contributed by atoms with Gasteiger partial charge in [-0.1, -0.05) is 39.3 Å². The molecule has 0 bridgehead atoms. The normalized spacial score (nSPS) is 23.7. The van der Waals surface area contributed by atoms with Gasteiger partial charge in [-0.25, -0.2) is 4.39 Å². The van der Waals surface area contributed by atoms with Crippen LogP contribution in [0.15, 0.2) is 24.3 Å². The lowest BCUT2D eigenvalue weighted by Crippen LogP contribution is -2.56. The zero-order chi connectivity index (χ0) is 15.2. The summed E-state index contributed by atoms with van der Waals surface area (Å²) in [5.74, 6) is 0.569. The van der Waals surface area contributed by atoms with E-state index >= 15 is 0 Å². The molecule has 1 aliphatic heterocycles. The number of nitrogens with one attached hydrogen (secondary N) is 1. The van der Waals surface area contributed by atoms with Crippen LogP contribution in [-0.4, -0.2) is 30.1 Å². The topological polar surface area (TPSA) is 15.3 Å². The van der Waals surface area contributed by atoms with E-state index in [1.807, 2.05) is 12.1 Å². The summed E-state index contributed by atoms with van der Waals surface area (Å²) < 4.78 is 13.0. The molecule has 0 spiro atoms. The summed E-state index contributed by atoms with van der Waals surface area (Å²) in [6.07, 6.45) is 3.66. The van der Waals surface area contributed by atoms with Crippen LogP contribution < -0.4 is 5.32 Å². The zero-order valence-electron chi connectivity index (χ0n) is 13.6. The van der Waals surface area contributed by atoms with E-state index in [0.717, 1.165) is 25.6 Å². The van der Waals surface area contributed by atoms with Crippen molar-refractivity contribution in [1.29, 1.82) is 0 Å². The van der Waals surface area contributed by atoms with Crippen molar-refractivity contribution in [2.75, 3.05) is 13.1 Å². The molecule has 21 heavy (non-hydrogen) atoms. The lowest BCUT2D eigenvalue weighted by atomic mass is 9.97. The van der Waals surface area contributed by atoms with Gasteiger partial charge in [0, 0.05) is 31.7 Å². The standard InChI is InChI=1S/C18H29FN2/c1-4-5-18-11-20-17(10-14(2)3)13-21(18)12-15-6-8-16(19)9-7-15/h6-9,14,17-18,20H,4-5,10-13H2,1-3H3. The molecule has 0 aliphatic carbocycles. The molecule has 1 aromatic carbocycles. The van der Waals surface area contributed by atoms with E-state index in [-0.39, 0.29) is 5.82 Å². The molecule has 0 radical (unpaired) electrons. The van der Waals surface area contributed by atoms with Gasteiger partial charge in [0.25, 0.3) is 0 Å². The van der Waals surface area contributed by atoms with Crippen LogP contribution in [0, 0.1) is 11.7 Å². The smallest absolute Gasteiger partial charge is 0.123 e. The Morgan fingerprint density at radius 2 is 2.00 bits per heavy atom. The first-order valence-electron chi connectivity index (χ1n) is 8.30. The summed E-state index contributed by atoms with van der Waals surface area (Å²) in [7, 11) is 0. The van der Waals surface area contributed by atoms with Crippen molar-refractivity contribution in [1.82, 2.24) is 10.2 Å². The monoisotopic (exact) mass is 292 g/mol. The number of piperazine rings is 1. The number of hydrogen-bond donors (Lipinski definition) is 1. The number of benzene rings is 1. The first-order chi connectivity index (χ1) is 10.1. The van der Waals surface area contributed by atoms with Crippen molar-refractivity contribution in [3.63, 3.8) is 0 Å². The largest absolute Gasteiger partial charge is 0.311 e. The molecule has 1 heterocycles. The quantitative estimate of drug-likeness (QED) is 0.857. The van der Waals surface area contributed by atoms with Crippen LogP contribution in [0.25, 0.3) is 0 Å². The van der Waals surface area contributed by atoms with Gasteiger partial charge in [0.1, 0.15) is 5.82 Å². The second-order valence-corrected chi connectivity index (χ2v) is 6.73. The lowest BCUT2D eigenvalue weighted by molar-refractivity contribution is 0.107. The molecule has 2 unspecified atom stereocenters. The summed E-state index contributed by atoms with van der Waals surface area (Å²) in [5.41, 5.74) is 1.21. The van der Waals surface area contributed by atoms with Gasteiger partial charge in [-0.15, -0.1) is 0 Å². The first kappa shape index (κ1) is 16.4. The molecule has 1 aromatic rings. The van der Waals surface area contributed by atoms with Gasteiger partial charge < -0.3 is 5.32 Å². The molecule has 1 saturated heterocycles. The predicted octanol–water partition coefficient (Wildman–Crippen LogP) is 3.81. The molecule has 0 amide bonds. The van der Waals surface area contributed by atoms with E-state index in [2.05, 4.69) is 31.0 Å². The van der Waals surface area contributed by atoms with Gasteiger partial charge >= 0.3 is 0 Å². The SMILES string of the molecule is CCCC1CNC(CC(C)C)CN1Cc1ccc(F)cc1. The Labute approximate surface area is 128 Å². The molecule has 3 heteroatoms. The van der Waals surface area contributed by atoms with Crippen LogP contribution in [-0.2, 0) is 6.54 Å². The minimum absolute atomic E-state index is 0.151. The maximum Gasteiger partial charge on any atom is 0.123 e. The maximum atomic E-state index is 13.0. The van der Waals surface area contributed by atoms with Crippen molar-refractivity contribution in [2.45, 2.75) is 58.7 Å². The highest BCUT2D eigenvalue weighted by Crippen LogP contribution is 2.19. The highest BCUT2D eigenvalue weighted by molar-refractivity contribution is 5.16. The highest BCUT2D eigenvalue weighted by atomic mass is 19.1. The highest BCUT2D eigenvalue weighted by Gasteiger charge is 2.27. The Morgan fingerprint density at radius 3 is 2.62 bits per heavy atom. The molecule has 1 aliphatic rings. The summed E-state index contributed by atoms with van der Waals surface area (Å²) in [4.78, 5) is 2.58. The Balaban J connectivity index is 2.01. The zero-order valence-corrected chi connectivity index (χ0v) is 13.6. The van der Waals surface area contributed by atoms with Crippen LogP contribution in [0.4, 0.5) is 4.39 Å². The van der Waals surface area contributed by atoms with Crippen molar-refractivity contribution in [3.8, 4) is 0 Å². The Bertz CT molecular complexity index is 416. The third-order valence-corrected chi connectivity index (χ3v) is 4.29. The van der Waals surface area contributed by atoms with Crippen molar-refractivity contribution in [3.05, 3.63) is 35.6 Å². The van der Waals surface area contributed by atoms with E-state index in [0.29, 0.717) is 12.1 Å². The van der Waals surface area contributed by atoms with Gasteiger partial charge in [-0.2, -0.15) is 0 Å². The summed E-state index contributed by atoms with van der Waals surface area (Å²) in [6, 6.07) is 8.15. The fourth-order valence-electron chi connectivity index (χ4n) is 3.29. The summed E-state index contributed by atoms with van der Waals surface area (Å²) >= 11 is 0. The molecule has 1 N–H and O–H groups in total. The molecule has 118 valence electrons.